The highest BCUT2D eigenvalue weighted by Crippen LogP contribution is 2.35. The van der Waals surface area contributed by atoms with Crippen LogP contribution in [-0.4, -0.2) is 50.4 Å². The summed E-state index contributed by atoms with van der Waals surface area (Å²) in [7, 11) is 0. The largest absolute Gasteiger partial charge is 0.454 e. The smallest absolute Gasteiger partial charge is 0.251 e. The molecule has 160 valence electrons. The highest BCUT2D eigenvalue weighted by atomic mass is 16.7. The molecule has 0 radical (unpaired) electrons. The van der Waals surface area contributed by atoms with Crippen LogP contribution in [0.25, 0.3) is 0 Å². The number of amides is 1. The number of nitrogens with zero attached hydrogens (tertiary/aromatic N) is 1. The second kappa shape index (κ2) is 8.66. The quantitative estimate of drug-likeness (QED) is 0.817. The lowest BCUT2D eigenvalue weighted by Gasteiger charge is -2.35. The van der Waals surface area contributed by atoms with Gasteiger partial charge in [0, 0.05) is 25.2 Å². The zero-order chi connectivity index (χ0) is 21.1. The molecular formula is C24H30N2O4. The summed E-state index contributed by atoms with van der Waals surface area (Å²) in [6.07, 6.45) is 0. The van der Waals surface area contributed by atoms with Gasteiger partial charge in [-0.2, -0.15) is 0 Å². The summed E-state index contributed by atoms with van der Waals surface area (Å²) >= 11 is 0. The van der Waals surface area contributed by atoms with E-state index in [0.717, 1.165) is 30.2 Å². The topological polar surface area (TPSA) is 60.0 Å². The molecule has 1 amide bonds. The van der Waals surface area contributed by atoms with E-state index >= 15 is 0 Å². The molecule has 0 aliphatic carbocycles. The monoisotopic (exact) mass is 410 g/mol. The van der Waals surface area contributed by atoms with E-state index in [1.807, 2.05) is 36.4 Å². The molecule has 6 nitrogen and oxygen atoms in total. The van der Waals surface area contributed by atoms with E-state index in [2.05, 4.69) is 37.1 Å². The van der Waals surface area contributed by atoms with Crippen LogP contribution in [0.5, 0.6) is 11.5 Å². The number of hydrogen-bond donors (Lipinski definition) is 1. The summed E-state index contributed by atoms with van der Waals surface area (Å²) in [6, 6.07) is 13.9. The van der Waals surface area contributed by atoms with Crippen LogP contribution in [0.1, 0.15) is 48.3 Å². The Morgan fingerprint density at radius 2 is 1.73 bits per heavy atom. The normalized spacial score (nSPS) is 17.6. The highest BCUT2D eigenvalue weighted by Gasteiger charge is 2.25. The highest BCUT2D eigenvalue weighted by molar-refractivity contribution is 5.94. The summed E-state index contributed by atoms with van der Waals surface area (Å²) in [4.78, 5) is 15.2. The Balaban J connectivity index is 1.48. The summed E-state index contributed by atoms with van der Waals surface area (Å²) in [5.41, 5.74) is 3.06. The molecule has 0 aromatic heterocycles. The van der Waals surface area contributed by atoms with Crippen molar-refractivity contribution in [1.29, 1.82) is 0 Å². The number of benzene rings is 2. The minimum atomic E-state index is -0.0607. The Labute approximate surface area is 178 Å². The van der Waals surface area contributed by atoms with Gasteiger partial charge in [-0.25, -0.2) is 0 Å². The zero-order valence-corrected chi connectivity index (χ0v) is 17.9. The van der Waals surface area contributed by atoms with Crippen molar-refractivity contribution in [2.75, 3.05) is 39.6 Å². The Morgan fingerprint density at radius 3 is 2.43 bits per heavy atom. The minimum absolute atomic E-state index is 0.0428. The van der Waals surface area contributed by atoms with Gasteiger partial charge in [-0.15, -0.1) is 0 Å². The molecular weight excluding hydrogens is 380 g/mol. The van der Waals surface area contributed by atoms with E-state index < -0.39 is 0 Å². The lowest BCUT2D eigenvalue weighted by Crippen LogP contribution is -2.43. The summed E-state index contributed by atoms with van der Waals surface area (Å²) in [5.74, 6) is 1.46. The molecule has 1 saturated heterocycles. The van der Waals surface area contributed by atoms with Crippen molar-refractivity contribution in [3.05, 3.63) is 59.2 Å². The first kappa shape index (κ1) is 20.7. The second-order valence-electron chi connectivity index (χ2n) is 8.81. The van der Waals surface area contributed by atoms with Crippen LogP contribution in [0.3, 0.4) is 0 Å². The lowest BCUT2D eigenvalue weighted by atomic mass is 9.87. The van der Waals surface area contributed by atoms with Crippen molar-refractivity contribution in [3.63, 3.8) is 0 Å². The Hall–Kier alpha value is -2.57. The first-order chi connectivity index (χ1) is 14.4. The molecule has 6 heteroatoms. The maximum Gasteiger partial charge on any atom is 0.251 e. The van der Waals surface area contributed by atoms with Gasteiger partial charge in [0.2, 0.25) is 6.79 Å². The van der Waals surface area contributed by atoms with Crippen molar-refractivity contribution < 1.29 is 19.0 Å². The second-order valence-corrected chi connectivity index (χ2v) is 8.81. The van der Waals surface area contributed by atoms with E-state index in [9.17, 15) is 4.79 Å². The first-order valence-electron chi connectivity index (χ1n) is 10.5. The molecule has 4 rings (SSSR count). The standard InChI is InChI=1S/C24H30N2O4/c1-24(2,3)19-7-4-17(5-8-19)23(27)25-15-20(26-10-12-28-13-11-26)18-6-9-21-22(14-18)30-16-29-21/h4-9,14,20H,10-13,15-16H2,1-3H3,(H,25,27)/t20-/m0/s1. The number of carbonyl (C=O) groups excluding carboxylic acids is 1. The summed E-state index contributed by atoms with van der Waals surface area (Å²) < 4.78 is 16.5. The molecule has 1 atom stereocenters. The van der Waals surface area contributed by atoms with Gasteiger partial charge in [-0.3, -0.25) is 9.69 Å². The molecule has 0 spiro atoms. The van der Waals surface area contributed by atoms with Gasteiger partial charge in [0.25, 0.3) is 5.91 Å². The molecule has 0 unspecified atom stereocenters. The third-order valence-corrected chi connectivity index (χ3v) is 5.74. The van der Waals surface area contributed by atoms with Crippen LogP contribution in [0.4, 0.5) is 0 Å². The molecule has 2 aromatic carbocycles. The number of rotatable bonds is 5. The predicted molar refractivity (Wildman–Crippen MR) is 115 cm³/mol. The van der Waals surface area contributed by atoms with Crippen LogP contribution in [-0.2, 0) is 10.2 Å². The van der Waals surface area contributed by atoms with E-state index in [1.54, 1.807) is 0 Å². The van der Waals surface area contributed by atoms with Crippen molar-refractivity contribution in [2.45, 2.75) is 32.2 Å². The molecule has 30 heavy (non-hydrogen) atoms. The molecule has 2 aliphatic rings. The van der Waals surface area contributed by atoms with Gasteiger partial charge in [0.15, 0.2) is 11.5 Å². The molecule has 2 aromatic rings. The summed E-state index contributed by atoms with van der Waals surface area (Å²) in [5, 5.41) is 3.13. The summed E-state index contributed by atoms with van der Waals surface area (Å²) in [6.45, 7) is 10.3. The number of morpholine rings is 1. The number of nitrogens with one attached hydrogen (secondary N) is 1. The van der Waals surface area contributed by atoms with E-state index in [0.29, 0.717) is 25.3 Å². The first-order valence-corrected chi connectivity index (χ1v) is 10.5. The molecule has 0 saturated carbocycles. The van der Waals surface area contributed by atoms with Crippen LogP contribution in [0.2, 0.25) is 0 Å². The van der Waals surface area contributed by atoms with Crippen molar-refractivity contribution in [3.8, 4) is 11.5 Å². The Bertz CT molecular complexity index is 883. The average molecular weight is 411 g/mol. The van der Waals surface area contributed by atoms with Crippen LogP contribution >= 0.6 is 0 Å². The van der Waals surface area contributed by atoms with Crippen molar-refractivity contribution in [1.82, 2.24) is 10.2 Å². The van der Waals surface area contributed by atoms with Crippen LogP contribution in [0, 0.1) is 0 Å². The van der Waals surface area contributed by atoms with Gasteiger partial charge < -0.3 is 19.5 Å². The lowest BCUT2D eigenvalue weighted by molar-refractivity contribution is 0.0162. The van der Waals surface area contributed by atoms with Gasteiger partial charge >= 0.3 is 0 Å². The van der Waals surface area contributed by atoms with Gasteiger partial charge in [0.1, 0.15) is 0 Å². The third-order valence-electron chi connectivity index (χ3n) is 5.74. The maximum absolute atomic E-state index is 12.8. The van der Waals surface area contributed by atoms with Crippen molar-refractivity contribution >= 4 is 5.91 Å². The molecule has 2 aliphatic heterocycles. The number of hydrogen-bond acceptors (Lipinski definition) is 5. The van der Waals surface area contributed by atoms with Gasteiger partial charge in [-0.1, -0.05) is 39.0 Å². The van der Waals surface area contributed by atoms with E-state index in [-0.39, 0.29) is 24.2 Å². The Morgan fingerprint density at radius 1 is 1.03 bits per heavy atom. The maximum atomic E-state index is 12.8. The molecule has 0 bridgehead atoms. The van der Waals surface area contributed by atoms with Gasteiger partial charge in [-0.05, 0) is 40.8 Å². The minimum Gasteiger partial charge on any atom is -0.454 e. The molecule has 1 N–H and O–H groups in total. The fraction of sp³-hybridized carbons (Fsp3) is 0.458. The Kier molecular flexibility index (Phi) is 5.97. The SMILES string of the molecule is CC(C)(C)c1ccc(C(=O)NC[C@@H](c2ccc3c(c2)OCO3)N2CCOCC2)cc1. The van der Waals surface area contributed by atoms with E-state index in [1.165, 1.54) is 5.56 Å². The third kappa shape index (κ3) is 4.60. The average Bonchev–Trinajstić information content (AvgIpc) is 3.22. The van der Waals surface area contributed by atoms with Gasteiger partial charge in [0.05, 0.1) is 19.3 Å². The molecule has 1 fully saturated rings. The van der Waals surface area contributed by atoms with Crippen LogP contribution < -0.4 is 14.8 Å². The number of fused-ring (bicyclic) bond motifs is 1. The number of carbonyl (C=O) groups is 1. The van der Waals surface area contributed by atoms with E-state index in [4.69, 9.17) is 14.2 Å². The zero-order valence-electron chi connectivity index (χ0n) is 17.9. The molecule has 2 heterocycles. The van der Waals surface area contributed by atoms with Crippen molar-refractivity contribution in [2.24, 2.45) is 0 Å². The van der Waals surface area contributed by atoms with Crippen LogP contribution in [0.15, 0.2) is 42.5 Å². The fourth-order valence-electron chi connectivity index (χ4n) is 3.88. The predicted octanol–water partition coefficient (Wildman–Crippen LogP) is 3.52. The fourth-order valence-corrected chi connectivity index (χ4v) is 3.88. The number of ether oxygens (including phenoxy) is 3.